The van der Waals surface area contributed by atoms with E-state index in [9.17, 15) is 9.59 Å². The molecule has 0 aliphatic rings. The summed E-state index contributed by atoms with van der Waals surface area (Å²) in [4.78, 5) is 24.5. The lowest BCUT2D eigenvalue weighted by Crippen LogP contribution is -2.34. The third-order valence-corrected chi connectivity index (χ3v) is 5.52. The van der Waals surface area contributed by atoms with Gasteiger partial charge in [0.15, 0.2) is 5.16 Å². The Bertz CT molecular complexity index is 1070. The highest BCUT2D eigenvalue weighted by Gasteiger charge is 2.14. The van der Waals surface area contributed by atoms with Crippen molar-refractivity contribution in [3.8, 4) is 11.4 Å². The summed E-state index contributed by atoms with van der Waals surface area (Å²) in [6.45, 7) is 5.80. The molecule has 0 unspecified atom stereocenters. The molecular weight excluding hydrogens is 414 g/mol. The van der Waals surface area contributed by atoms with Crippen molar-refractivity contribution in [2.75, 3.05) is 24.7 Å². The van der Waals surface area contributed by atoms with Gasteiger partial charge in [0.05, 0.1) is 25.1 Å². The van der Waals surface area contributed by atoms with Gasteiger partial charge in [-0.15, -0.1) is 10.2 Å². The number of thioether (sulfide) groups is 1. The van der Waals surface area contributed by atoms with Gasteiger partial charge >= 0.3 is 0 Å². The zero-order chi connectivity index (χ0) is 22.4. The van der Waals surface area contributed by atoms with Crippen LogP contribution in [0.2, 0.25) is 0 Å². The highest BCUT2D eigenvalue weighted by molar-refractivity contribution is 7.99. The molecule has 162 valence electrons. The van der Waals surface area contributed by atoms with E-state index in [1.807, 2.05) is 57.2 Å². The molecule has 1 heterocycles. The minimum atomic E-state index is -0.273. The molecule has 0 saturated carbocycles. The SMILES string of the molecule is COc1ccccc1-n1cnnc1SCC(=O)NCC(=O)Nc1c(C)cc(C)cc1C. The van der Waals surface area contributed by atoms with E-state index in [-0.39, 0.29) is 24.1 Å². The van der Waals surface area contributed by atoms with Crippen molar-refractivity contribution >= 4 is 29.3 Å². The largest absolute Gasteiger partial charge is 0.495 e. The molecule has 0 atom stereocenters. The molecule has 0 fully saturated rings. The van der Waals surface area contributed by atoms with Crippen molar-refractivity contribution in [1.29, 1.82) is 0 Å². The standard InChI is InChI=1S/C22H25N5O3S/c1-14-9-15(2)21(16(3)10-14)25-19(28)11-23-20(29)12-31-22-26-24-13-27(22)17-7-5-6-8-18(17)30-4/h5-10,13H,11-12H2,1-4H3,(H,23,29)(H,25,28). The molecule has 0 bridgehead atoms. The zero-order valence-corrected chi connectivity index (χ0v) is 18.7. The van der Waals surface area contributed by atoms with E-state index in [0.717, 1.165) is 28.1 Å². The van der Waals surface area contributed by atoms with E-state index < -0.39 is 0 Å². The maximum atomic E-state index is 12.3. The van der Waals surface area contributed by atoms with E-state index in [1.54, 1.807) is 18.0 Å². The highest BCUT2D eigenvalue weighted by atomic mass is 32.2. The maximum Gasteiger partial charge on any atom is 0.243 e. The Balaban J connectivity index is 1.54. The number of methoxy groups -OCH3 is 1. The van der Waals surface area contributed by atoms with Gasteiger partial charge in [-0.2, -0.15) is 0 Å². The lowest BCUT2D eigenvalue weighted by molar-refractivity contribution is -0.122. The molecule has 0 aliphatic carbocycles. The summed E-state index contributed by atoms with van der Waals surface area (Å²) in [5.41, 5.74) is 4.68. The number of ether oxygens (including phenoxy) is 1. The van der Waals surface area contributed by atoms with Crippen LogP contribution in [0.1, 0.15) is 16.7 Å². The molecule has 2 amide bonds. The third-order valence-electron chi connectivity index (χ3n) is 4.58. The zero-order valence-electron chi connectivity index (χ0n) is 17.9. The van der Waals surface area contributed by atoms with Crippen LogP contribution in [0, 0.1) is 20.8 Å². The van der Waals surface area contributed by atoms with Gasteiger partial charge in [-0.05, 0) is 44.0 Å². The fraction of sp³-hybridized carbons (Fsp3) is 0.273. The Morgan fingerprint density at radius 1 is 1.10 bits per heavy atom. The van der Waals surface area contributed by atoms with E-state index in [0.29, 0.717) is 10.9 Å². The number of carbonyl (C=O) groups is 2. The van der Waals surface area contributed by atoms with E-state index in [2.05, 4.69) is 20.8 Å². The van der Waals surface area contributed by atoms with Crippen molar-refractivity contribution in [2.45, 2.75) is 25.9 Å². The number of aromatic nitrogens is 3. The Hall–Kier alpha value is -3.33. The van der Waals surface area contributed by atoms with Crippen LogP contribution in [0.3, 0.4) is 0 Å². The van der Waals surface area contributed by atoms with E-state index >= 15 is 0 Å². The summed E-state index contributed by atoms with van der Waals surface area (Å²) in [7, 11) is 1.59. The number of hydrogen-bond acceptors (Lipinski definition) is 6. The van der Waals surface area contributed by atoms with Crippen LogP contribution in [0.5, 0.6) is 5.75 Å². The second kappa shape index (κ2) is 10.1. The number of anilines is 1. The Labute approximate surface area is 185 Å². The average molecular weight is 440 g/mol. The first-order valence-corrected chi connectivity index (χ1v) is 10.7. The number of amides is 2. The molecule has 2 N–H and O–H groups in total. The fourth-order valence-electron chi connectivity index (χ4n) is 3.24. The second-order valence-electron chi connectivity index (χ2n) is 7.04. The summed E-state index contributed by atoms with van der Waals surface area (Å²) in [5.74, 6) is 0.230. The van der Waals surface area contributed by atoms with Gasteiger partial charge in [-0.25, -0.2) is 0 Å². The summed E-state index contributed by atoms with van der Waals surface area (Å²) in [6.07, 6.45) is 1.57. The smallest absolute Gasteiger partial charge is 0.243 e. The summed E-state index contributed by atoms with van der Waals surface area (Å²) in [5, 5.41) is 14.1. The number of para-hydroxylation sites is 2. The average Bonchev–Trinajstić information content (AvgIpc) is 3.21. The summed E-state index contributed by atoms with van der Waals surface area (Å²) in [6, 6.07) is 11.5. The van der Waals surface area contributed by atoms with Crippen LogP contribution in [0.25, 0.3) is 5.69 Å². The molecular formula is C22H25N5O3S. The molecule has 0 radical (unpaired) electrons. The number of carbonyl (C=O) groups excluding carboxylic acids is 2. The highest BCUT2D eigenvalue weighted by Crippen LogP contribution is 2.26. The van der Waals surface area contributed by atoms with Gasteiger partial charge < -0.3 is 15.4 Å². The summed E-state index contributed by atoms with van der Waals surface area (Å²) >= 11 is 1.23. The minimum Gasteiger partial charge on any atom is -0.495 e. The summed E-state index contributed by atoms with van der Waals surface area (Å²) < 4.78 is 7.13. The lowest BCUT2D eigenvalue weighted by Gasteiger charge is -2.13. The van der Waals surface area contributed by atoms with Crippen molar-refractivity contribution in [3.63, 3.8) is 0 Å². The second-order valence-corrected chi connectivity index (χ2v) is 7.99. The lowest BCUT2D eigenvalue weighted by atomic mass is 10.1. The predicted molar refractivity (Wildman–Crippen MR) is 121 cm³/mol. The Morgan fingerprint density at radius 2 is 1.81 bits per heavy atom. The number of hydrogen-bond donors (Lipinski definition) is 2. The van der Waals surface area contributed by atoms with Gasteiger partial charge in [-0.3, -0.25) is 14.2 Å². The third kappa shape index (κ3) is 5.64. The molecule has 2 aromatic carbocycles. The molecule has 3 rings (SSSR count). The molecule has 1 aromatic heterocycles. The van der Waals surface area contributed by atoms with Crippen LogP contribution in [-0.2, 0) is 9.59 Å². The topological polar surface area (TPSA) is 98.1 Å². The van der Waals surface area contributed by atoms with Crippen LogP contribution < -0.4 is 15.4 Å². The quantitative estimate of drug-likeness (QED) is 0.524. The van der Waals surface area contributed by atoms with Gasteiger partial charge in [0.2, 0.25) is 11.8 Å². The number of rotatable bonds is 8. The first-order valence-electron chi connectivity index (χ1n) is 9.69. The van der Waals surface area contributed by atoms with Gasteiger partial charge in [0, 0.05) is 5.69 Å². The molecule has 8 nitrogen and oxygen atoms in total. The van der Waals surface area contributed by atoms with Crippen molar-refractivity contribution in [1.82, 2.24) is 20.1 Å². The van der Waals surface area contributed by atoms with E-state index in [1.165, 1.54) is 11.8 Å². The molecule has 0 saturated heterocycles. The maximum absolute atomic E-state index is 12.3. The Morgan fingerprint density at radius 3 is 2.52 bits per heavy atom. The number of nitrogens with zero attached hydrogens (tertiary/aromatic N) is 3. The molecule has 0 spiro atoms. The molecule has 9 heteroatoms. The first-order chi connectivity index (χ1) is 14.9. The minimum absolute atomic E-state index is 0.101. The predicted octanol–water partition coefficient (Wildman–Crippen LogP) is 3.05. The molecule has 31 heavy (non-hydrogen) atoms. The molecule has 0 aliphatic heterocycles. The first kappa shape index (κ1) is 22.4. The van der Waals surface area contributed by atoms with Gasteiger partial charge in [-0.1, -0.05) is 41.6 Å². The van der Waals surface area contributed by atoms with Crippen LogP contribution in [0.4, 0.5) is 5.69 Å². The normalized spacial score (nSPS) is 10.6. The number of nitrogens with one attached hydrogen (secondary N) is 2. The molecule has 3 aromatic rings. The van der Waals surface area contributed by atoms with Crippen LogP contribution in [-0.4, -0.2) is 46.0 Å². The van der Waals surface area contributed by atoms with Crippen molar-refractivity contribution < 1.29 is 14.3 Å². The van der Waals surface area contributed by atoms with E-state index in [4.69, 9.17) is 4.74 Å². The van der Waals surface area contributed by atoms with Crippen LogP contribution in [0.15, 0.2) is 47.9 Å². The van der Waals surface area contributed by atoms with Crippen molar-refractivity contribution in [3.05, 3.63) is 59.4 Å². The number of benzene rings is 2. The monoisotopic (exact) mass is 439 g/mol. The van der Waals surface area contributed by atoms with Gasteiger partial charge in [0.1, 0.15) is 12.1 Å². The number of aryl methyl sites for hydroxylation is 3. The van der Waals surface area contributed by atoms with Gasteiger partial charge in [0.25, 0.3) is 0 Å². The van der Waals surface area contributed by atoms with Crippen molar-refractivity contribution in [2.24, 2.45) is 0 Å². The fourth-order valence-corrected chi connectivity index (χ4v) is 3.99. The van der Waals surface area contributed by atoms with Crippen LogP contribution >= 0.6 is 11.8 Å². The Kier molecular flexibility index (Phi) is 7.30.